The summed E-state index contributed by atoms with van der Waals surface area (Å²) >= 11 is 1.60. The molecule has 0 spiro atoms. The minimum Gasteiger partial charge on any atom is -0.481 e. The molecule has 9 nitrogen and oxygen atoms in total. The quantitative estimate of drug-likeness (QED) is 0.181. The fraction of sp³-hybridized carbons (Fsp3) is 0.882. The predicted octanol–water partition coefficient (Wildman–Crippen LogP) is 5.49. The number of nitrogens with one attached hydrogen (secondary N) is 1. The Labute approximate surface area is 267 Å². The first-order valence-electron chi connectivity index (χ1n) is 17.0. The summed E-state index contributed by atoms with van der Waals surface area (Å²) in [5.41, 5.74) is 6.10. The predicted molar refractivity (Wildman–Crippen MR) is 171 cm³/mol. The Morgan fingerprint density at radius 2 is 1.64 bits per heavy atom. The molecule has 44 heavy (non-hydrogen) atoms. The number of aliphatic carboxylic acids is 2. The Morgan fingerprint density at radius 1 is 0.932 bits per heavy atom. The maximum absolute atomic E-state index is 13.3. The van der Waals surface area contributed by atoms with Gasteiger partial charge in [0.05, 0.1) is 0 Å². The monoisotopic (exact) mass is 636 g/mol. The van der Waals surface area contributed by atoms with Gasteiger partial charge >= 0.3 is 17.9 Å². The highest BCUT2D eigenvalue weighted by molar-refractivity contribution is 7.98. The van der Waals surface area contributed by atoms with Gasteiger partial charge in [-0.2, -0.15) is 11.8 Å². The number of esters is 1. The molecule has 250 valence electrons. The van der Waals surface area contributed by atoms with Crippen LogP contribution in [0.15, 0.2) is 0 Å². The van der Waals surface area contributed by atoms with Crippen molar-refractivity contribution in [3.63, 3.8) is 0 Å². The van der Waals surface area contributed by atoms with E-state index >= 15 is 0 Å². The fourth-order valence-corrected chi connectivity index (χ4v) is 10.7. The van der Waals surface area contributed by atoms with Crippen molar-refractivity contribution >= 4 is 35.6 Å². The van der Waals surface area contributed by atoms with E-state index in [4.69, 9.17) is 15.6 Å². The number of fused-ring (bicyclic) bond motifs is 5. The van der Waals surface area contributed by atoms with Crippen LogP contribution in [0.25, 0.3) is 0 Å². The molecule has 0 bridgehead atoms. The van der Waals surface area contributed by atoms with E-state index in [0.29, 0.717) is 41.3 Å². The van der Waals surface area contributed by atoms with Gasteiger partial charge in [0.1, 0.15) is 18.2 Å². The number of ether oxygens (including phenoxy) is 1. The van der Waals surface area contributed by atoms with Crippen LogP contribution in [-0.4, -0.2) is 64.2 Å². The highest BCUT2D eigenvalue weighted by atomic mass is 32.2. The molecule has 4 aliphatic carbocycles. The first-order valence-corrected chi connectivity index (χ1v) is 18.4. The van der Waals surface area contributed by atoms with Crippen LogP contribution in [0, 0.1) is 46.3 Å². The van der Waals surface area contributed by atoms with E-state index in [9.17, 15) is 24.3 Å². The maximum Gasteiger partial charge on any atom is 0.328 e. The number of carbonyl (C=O) groups excluding carboxylic acids is 2. The molecule has 4 aliphatic rings. The molecule has 0 heterocycles. The van der Waals surface area contributed by atoms with Crippen LogP contribution >= 0.6 is 11.8 Å². The fourth-order valence-electron chi connectivity index (χ4n) is 10.3. The minimum atomic E-state index is -1.15. The average molecular weight is 637 g/mol. The number of hydrogen-bond donors (Lipinski definition) is 4. The number of carboxylic acid groups (broad SMARTS) is 2. The molecule has 0 radical (unpaired) electrons. The Balaban J connectivity index is 1.34. The van der Waals surface area contributed by atoms with Gasteiger partial charge in [-0.1, -0.05) is 20.8 Å². The molecule has 5 N–H and O–H groups in total. The standard InChI is InChI=1S/C34H56N2O7S/c1-20(5-12-30(38)39)24-8-9-25-23-7-6-21-19-22(13-16-33(21,2)26(23)14-17-34(24,25)3)43-32(42)28(15-18-44-4)36-29(37)11-10-27(35)31(40)41/h20-28H,5-19,35H2,1-4H3,(H,36,37)(H,38,39)(H,40,41)/t20-,21-,22-,23+,24-,25+,26+,27+,28+,33+,34-/m1/s1. The zero-order chi connectivity index (χ0) is 32.2. The van der Waals surface area contributed by atoms with Crippen LogP contribution in [-0.2, 0) is 23.9 Å². The van der Waals surface area contributed by atoms with Crippen molar-refractivity contribution in [1.29, 1.82) is 0 Å². The largest absolute Gasteiger partial charge is 0.481 e. The first-order chi connectivity index (χ1) is 20.8. The number of thioether (sulfide) groups is 1. The number of hydrogen-bond acceptors (Lipinski definition) is 7. The van der Waals surface area contributed by atoms with Crippen LogP contribution < -0.4 is 11.1 Å². The number of nitrogens with two attached hydrogens (primary N) is 1. The highest BCUT2D eigenvalue weighted by Crippen LogP contribution is 2.68. The van der Waals surface area contributed by atoms with Crippen molar-refractivity contribution in [2.45, 2.75) is 129 Å². The number of carboxylic acids is 2. The summed E-state index contributed by atoms with van der Waals surface area (Å²) in [5.74, 6) is 1.81. The van der Waals surface area contributed by atoms with Gasteiger partial charge in [-0.25, -0.2) is 4.79 Å². The second kappa shape index (κ2) is 14.7. The first kappa shape index (κ1) is 35.1. The molecule has 0 aliphatic heterocycles. The number of rotatable bonds is 14. The SMILES string of the molecule is CSCC[C@H](NC(=O)CC[C@H](N)C(=O)O)C(=O)O[C@@H]1CC[C@@]2(C)[C@H](CC[C@@H]3[C@@H]2CC[C@]2(C)[C@@H]([C@H](C)CCC(=O)O)CC[C@@H]32)C1. The molecular formula is C34H56N2O7S. The summed E-state index contributed by atoms with van der Waals surface area (Å²) < 4.78 is 6.09. The lowest BCUT2D eigenvalue weighted by molar-refractivity contribution is -0.165. The van der Waals surface area contributed by atoms with Gasteiger partial charge < -0.3 is 26.0 Å². The third kappa shape index (κ3) is 7.59. The zero-order valence-corrected chi connectivity index (χ0v) is 28.0. The van der Waals surface area contributed by atoms with E-state index in [2.05, 4.69) is 26.1 Å². The van der Waals surface area contributed by atoms with Crippen molar-refractivity contribution in [3.05, 3.63) is 0 Å². The van der Waals surface area contributed by atoms with Gasteiger partial charge in [-0.15, -0.1) is 0 Å². The van der Waals surface area contributed by atoms with Crippen LogP contribution in [0.3, 0.4) is 0 Å². The summed E-state index contributed by atoms with van der Waals surface area (Å²) in [6.07, 6.45) is 13.4. The van der Waals surface area contributed by atoms with Crippen molar-refractivity contribution in [2.75, 3.05) is 12.0 Å². The van der Waals surface area contributed by atoms with Crippen molar-refractivity contribution in [3.8, 4) is 0 Å². The summed E-state index contributed by atoms with van der Waals surface area (Å²) in [4.78, 5) is 48.1. The van der Waals surface area contributed by atoms with E-state index in [-0.39, 0.29) is 42.7 Å². The molecule has 0 aromatic rings. The minimum absolute atomic E-state index is 0.0148. The van der Waals surface area contributed by atoms with E-state index in [1.54, 1.807) is 11.8 Å². The molecule has 0 unspecified atom stereocenters. The summed E-state index contributed by atoms with van der Waals surface area (Å²) in [6, 6.07) is -1.85. The molecule has 4 rings (SSSR count). The number of amides is 1. The maximum atomic E-state index is 13.3. The Bertz CT molecular complexity index is 1060. The molecular weight excluding hydrogens is 580 g/mol. The lowest BCUT2D eigenvalue weighted by Gasteiger charge is -2.61. The molecule has 4 saturated carbocycles. The van der Waals surface area contributed by atoms with Crippen LogP contribution in [0.2, 0.25) is 0 Å². The van der Waals surface area contributed by atoms with E-state index < -0.39 is 24.0 Å². The van der Waals surface area contributed by atoms with Gasteiger partial charge in [0, 0.05) is 12.8 Å². The van der Waals surface area contributed by atoms with Crippen LogP contribution in [0.1, 0.15) is 111 Å². The van der Waals surface area contributed by atoms with Gasteiger partial charge in [0.25, 0.3) is 0 Å². The Hall–Kier alpha value is -1.81. The van der Waals surface area contributed by atoms with E-state index in [1.165, 1.54) is 32.1 Å². The smallest absolute Gasteiger partial charge is 0.328 e. The Kier molecular flexibility index (Phi) is 11.7. The summed E-state index contributed by atoms with van der Waals surface area (Å²) in [6.45, 7) is 7.29. The molecule has 10 heteroatoms. The summed E-state index contributed by atoms with van der Waals surface area (Å²) in [7, 11) is 0. The highest BCUT2D eigenvalue weighted by Gasteiger charge is 2.60. The van der Waals surface area contributed by atoms with Gasteiger partial charge in [0.15, 0.2) is 0 Å². The lowest BCUT2D eigenvalue weighted by Crippen LogP contribution is -2.54. The lowest BCUT2D eigenvalue weighted by atomic mass is 9.44. The van der Waals surface area contributed by atoms with Gasteiger partial charge in [-0.3, -0.25) is 14.4 Å². The van der Waals surface area contributed by atoms with E-state index in [1.807, 2.05) is 6.26 Å². The second-order valence-corrected chi connectivity index (χ2v) is 16.0. The third-order valence-corrected chi connectivity index (χ3v) is 13.3. The number of carbonyl (C=O) groups is 4. The van der Waals surface area contributed by atoms with Gasteiger partial charge in [-0.05, 0) is 135 Å². The second-order valence-electron chi connectivity index (χ2n) is 15.0. The van der Waals surface area contributed by atoms with Crippen molar-refractivity contribution < 1.29 is 34.1 Å². The molecule has 0 aromatic carbocycles. The average Bonchev–Trinajstić information content (AvgIpc) is 3.34. The molecule has 0 aromatic heterocycles. The summed E-state index contributed by atoms with van der Waals surface area (Å²) in [5, 5.41) is 21.0. The van der Waals surface area contributed by atoms with E-state index in [0.717, 1.165) is 43.9 Å². The van der Waals surface area contributed by atoms with Crippen molar-refractivity contribution in [2.24, 2.45) is 52.1 Å². The zero-order valence-electron chi connectivity index (χ0n) is 27.2. The third-order valence-electron chi connectivity index (χ3n) is 12.7. The molecule has 4 fully saturated rings. The molecule has 0 saturated heterocycles. The Morgan fingerprint density at radius 3 is 2.32 bits per heavy atom. The van der Waals surface area contributed by atoms with Crippen molar-refractivity contribution in [1.82, 2.24) is 5.32 Å². The topological polar surface area (TPSA) is 156 Å². The normalized spacial score (nSPS) is 36.6. The molecule has 1 amide bonds. The molecule has 11 atom stereocenters. The van der Waals surface area contributed by atoms with Crippen LogP contribution in [0.4, 0.5) is 0 Å². The van der Waals surface area contributed by atoms with Gasteiger partial charge in [0.2, 0.25) is 5.91 Å². The van der Waals surface area contributed by atoms with Crippen LogP contribution in [0.5, 0.6) is 0 Å².